The number of carbonyl (C=O) groups is 1. The minimum atomic E-state index is -0.353. The third kappa shape index (κ3) is 3.21. The third-order valence-corrected chi connectivity index (χ3v) is 4.32. The molecule has 128 valence electrons. The molecule has 1 aromatic carbocycles. The van der Waals surface area contributed by atoms with Crippen LogP contribution in [0.15, 0.2) is 40.5 Å². The van der Waals surface area contributed by atoms with Crippen molar-refractivity contribution in [2.45, 2.75) is 45.7 Å². The van der Waals surface area contributed by atoms with Gasteiger partial charge in [0.1, 0.15) is 11.5 Å². The number of carbonyl (C=O) groups excluding carboxylic acids is 1. The van der Waals surface area contributed by atoms with Crippen LogP contribution in [-0.4, -0.2) is 23.7 Å². The average Bonchev–Trinajstić information content (AvgIpc) is 2.73. The van der Waals surface area contributed by atoms with Crippen LogP contribution in [0, 0.1) is 11.7 Å². The Morgan fingerprint density at radius 2 is 1.96 bits per heavy atom. The van der Waals surface area contributed by atoms with Crippen molar-refractivity contribution in [3.8, 4) is 0 Å². The quantitative estimate of drug-likeness (QED) is 0.895. The number of hydrogen-bond acceptors (Lipinski definition) is 3. The number of halogens is 1. The normalized spacial score (nSPS) is 22.7. The molecule has 24 heavy (non-hydrogen) atoms. The lowest BCUT2D eigenvalue weighted by Crippen LogP contribution is -2.33. The molecule has 0 bridgehead atoms. The van der Waals surface area contributed by atoms with Crippen molar-refractivity contribution in [2.75, 3.05) is 6.54 Å². The summed E-state index contributed by atoms with van der Waals surface area (Å²) in [4.78, 5) is 17.3. The van der Waals surface area contributed by atoms with E-state index >= 15 is 0 Å². The molecule has 1 aromatic rings. The summed E-state index contributed by atoms with van der Waals surface area (Å²) in [5, 5.41) is 6.52. The summed E-state index contributed by atoms with van der Waals surface area (Å²) < 4.78 is 13.3. The molecule has 2 aliphatic rings. The smallest absolute Gasteiger partial charge is 0.270 e. The van der Waals surface area contributed by atoms with E-state index in [0.717, 1.165) is 23.3 Å². The Labute approximate surface area is 142 Å². The summed E-state index contributed by atoms with van der Waals surface area (Å²) >= 11 is 0. The number of amides is 1. The molecule has 0 aliphatic carbocycles. The van der Waals surface area contributed by atoms with E-state index in [0.29, 0.717) is 18.2 Å². The summed E-state index contributed by atoms with van der Waals surface area (Å²) in [5.41, 5.74) is 2.99. The van der Waals surface area contributed by atoms with Crippen LogP contribution in [0.25, 0.3) is 0 Å². The molecule has 0 aromatic heterocycles. The molecule has 3 rings (SSSR count). The molecule has 1 fully saturated rings. The van der Waals surface area contributed by atoms with E-state index in [1.54, 1.807) is 12.1 Å². The number of rotatable bonds is 3. The Hall–Kier alpha value is -2.17. The second-order valence-corrected chi connectivity index (χ2v) is 7.57. The molecule has 2 aliphatic heterocycles. The Kier molecular flexibility index (Phi) is 4.20. The second-order valence-electron chi connectivity index (χ2n) is 7.57. The van der Waals surface area contributed by atoms with Gasteiger partial charge in [0.25, 0.3) is 5.91 Å². The van der Waals surface area contributed by atoms with Gasteiger partial charge in [0.15, 0.2) is 0 Å². The average molecular weight is 329 g/mol. The number of fused-ring (bicyclic) bond motifs is 1. The van der Waals surface area contributed by atoms with Gasteiger partial charge in [-0.2, -0.15) is 0 Å². The minimum absolute atomic E-state index is 0.155. The Bertz CT molecular complexity index is 717. The van der Waals surface area contributed by atoms with E-state index in [4.69, 9.17) is 4.99 Å². The number of nitrogens with zero attached hydrogens (tertiary/aromatic N) is 1. The van der Waals surface area contributed by atoms with Crippen LogP contribution in [0.2, 0.25) is 0 Å². The number of nitrogens with one attached hydrogen (secondary N) is 2. The predicted molar refractivity (Wildman–Crippen MR) is 93.3 cm³/mol. The van der Waals surface area contributed by atoms with E-state index in [9.17, 15) is 9.18 Å². The summed E-state index contributed by atoms with van der Waals surface area (Å²) in [6.45, 7) is 9.02. The lowest BCUT2D eigenvalue weighted by atomic mass is 9.94. The molecule has 4 nitrogen and oxygen atoms in total. The van der Waals surface area contributed by atoms with Gasteiger partial charge in [-0.1, -0.05) is 26.0 Å². The fourth-order valence-electron chi connectivity index (χ4n) is 3.21. The van der Waals surface area contributed by atoms with Gasteiger partial charge in [0.2, 0.25) is 0 Å². The fraction of sp³-hybridized carbons (Fsp3) is 0.474. The lowest BCUT2D eigenvalue weighted by Gasteiger charge is -2.22. The lowest BCUT2D eigenvalue weighted by molar-refractivity contribution is -0.114. The maximum Gasteiger partial charge on any atom is 0.270 e. The number of aliphatic imine (C=N–C) groups is 1. The predicted octanol–water partition coefficient (Wildman–Crippen LogP) is 3.12. The van der Waals surface area contributed by atoms with Crippen LogP contribution in [0.1, 0.15) is 45.7 Å². The van der Waals surface area contributed by atoms with Crippen LogP contribution in [0.3, 0.4) is 0 Å². The Morgan fingerprint density at radius 1 is 1.29 bits per heavy atom. The van der Waals surface area contributed by atoms with Crippen molar-refractivity contribution in [3.63, 3.8) is 0 Å². The second kappa shape index (κ2) is 6.04. The van der Waals surface area contributed by atoms with Crippen molar-refractivity contribution < 1.29 is 9.18 Å². The maximum absolute atomic E-state index is 13.3. The zero-order valence-corrected chi connectivity index (χ0v) is 14.6. The van der Waals surface area contributed by atoms with Gasteiger partial charge >= 0.3 is 0 Å². The zero-order valence-electron chi connectivity index (χ0n) is 14.6. The Balaban J connectivity index is 2.12. The van der Waals surface area contributed by atoms with Crippen molar-refractivity contribution >= 4 is 11.6 Å². The molecular formula is C19H24FN3O. The first-order valence-electron chi connectivity index (χ1n) is 8.40. The van der Waals surface area contributed by atoms with Crippen LogP contribution >= 0.6 is 0 Å². The zero-order chi connectivity index (χ0) is 17.5. The monoisotopic (exact) mass is 329 g/mol. The first-order chi connectivity index (χ1) is 11.3. The van der Waals surface area contributed by atoms with Crippen LogP contribution in [0.5, 0.6) is 0 Å². The summed E-state index contributed by atoms with van der Waals surface area (Å²) in [7, 11) is 0. The van der Waals surface area contributed by atoms with Crippen molar-refractivity contribution in [3.05, 3.63) is 46.9 Å². The minimum Gasteiger partial charge on any atom is -0.386 e. The standard InChI is InChI=1S/C19H24FN3O/c1-11(2)9-14-15-16(12-5-7-13(20)8-6-12)22-18(24)17(15)23-19(3,4)10-21-14/h5-8,11,16,21H,9-10H2,1-4H3,(H,22,24). The molecule has 0 radical (unpaired) electrons. The molecule has 0 spiro atoms. The van der Waals surface area contributed by atoms with Gasteiger partial charge in [-0.15, -0.1) is 0 Å². The van der Waals surface area contributed by atoms with E-state index in [1.165, 1.54) is 12.1 Å². The fourth-order valence-corrected chi connectivity index (χ4v) is 3.21. The van der Waals surface area contributed by atoms with Gasteiger partial charge in [-0.05, 0) is 43.9 Å². The van der Waals surface area contributed by atoms with E-state index in [1.807, 2.05) is 13.8 Å². The van der Waals surface area contributed by atoms with Gasteiger partial charge in [0, 0.05) is 17.8 Å². The third-order valence-electron chi connectivity index (χ3n) is 4.32. The van der Waals surface area contributed by atoms with Gasteiger partial charge in [-0.3, -0.25) is 9.79 Å². The largest absolute Gasteiger partial charge is 0.386 e. The molecule has 5 heteroatoms. The molecule has 0 saturated carbocycles. The van der Waals surface area contributed by atoms with Crippen molar-refractivity contribution in [1.29, 1.82) is 0 Å². The highest BCUT2D eigenvalue weighted by Gasteiger charge is 2.40. The van der Waals surface area contributed by atoms with Crippen molar-refractivity contribution in [2.24, 2.45) is 10.9 Å². The topological polar surface area (TPSA) is 53.5 Å². The number of hydrogen-bond donors (Lipinski definition) is 2. The van der Waals surface area contributed by atoms with E-state index in [-0.39, 0.29) is 23.3 Å². The van der Waals surface area contributed by atoms with E-state index in [2.05, 4.69) is 24.5 Å². The molecular weight excluding hydrogens is 305 g/mol. The summed E-state index contributed by atoms with van der Waals surface area (Å²) in [5.74, 6) is 0.0119. The van der Waals surface area contributed by atoms with Crippen LogP contribution in [0.4, 0.5) is 4.39 Å². The maximum atomic E-state index is 13.3. The molecule has 1 atom stereocenters. The SMILES string of the molecule is CC(C)CC1=C2C(=NC(C)(C)CN1)C(=O)NC2c1ccc(F)cc1. The van der Waals surface area contributed by atoms with Gasteiger partial charge in [-0.25, -0.2) is 4.39 Å². The van der Waals surface area contributed by atoms with Crippen molar-refractivity contribution in [1.82, 2.24) is 10.6 Å². The molecule has 1 amide bonds. The van der Waals surface area contributed by atoms with Crippen LogP contribution < -0.4 is 10.6 Å². The Morgan fingerprint density at radius 3 is 2.58 bits per heavy atom. The molecule has 2 heterocycles. The molecule has 1 unspecified atom stereocenters. The molecule has 2 N–H and O–H groups in total. The number of benzene rings is 1. The highest BCUT2D eigenvalue weighted by Crippen LogP contribution is 2.34. The molecule has 1 saturated heterocycles. The van der Waals surface area contributed by atoms with Crippen LogP contribution in [-0.2, 0) is 4.79 Å². The summed E-state index contributed by atoms with van der Waals surface area (Å²) in [6, 6.07) is 6.01. The number of allylic oxidation sites excluding steroid dienone is 1. The van der Waals surface area contributed by atoms with Gasteiger partial charge < -0.3 is 10.6 Å². The highest BCUT2D eigenvalue weighted by atomic mass is 19.1. The van der Waals surface area contributed by atoms with E-state index < -0.39 is 0 Å². The summed E-state index contributed by atoms with van der Waals surface area (Å²) in [6.07, 6.45) is 0.844. The first-order valence-corrected chi connectivity index (χ1v) is 8.40. The van der Waals surface area contributed by atoms with Gasteiger partial charge in [0.05, 0.1) is 11.6 Å². The first kappa shape index (κ1) is 16.7. The highest BCUT2D eigenvalue weighted by molar-refractivity contribution is 6.48.